The van der Waals surface area contributed by atoms with E-state index >= 15 is 0 Å². The molecule has 1 aromatic carbocycles. The van der Waals surface area contributed by atoms with Crippen LogP contribution in [0.25, 0.3) is 11.3 Å². The maximum absolute atomic E-state index is 12.5. The second-order valence-corrected chi connectivity index (χ2v) is 5.97. The summed E-state index contributed by atoms with van der Waals surface area (Å²) in [6.45, 7) is 1.84. The first-order valence-electron chi connectivity index (χ1n) is 7.93. The lowest BCUT2D eigenvalue weighted by Crippen LogP contribution is -2.25. The molecule has 0 atom stereocenters. The van der Waals surface area contributed by atoms with Crippen molar-refractivity contribution in [3.8, 4) is 17.0 Å². The van der Waals surface area contributed by atoms with E-state index in [-0.39, 0.29) is 18.4 Å². The Morgan fingerprint density at radius 3 is 2.96 bits per heavy atom. The molecule has 9 nitrogen and oxygen atoms in total. The first kappa shape index (κ1) is 15.9. The first-order chi connectivity index (χ1) is 12.5. The standard InChI is InChI=1S/C17H16N6O3/c1-9-11(7-23(2)22-9)13-6-14(21-20-13)17(25)18-10-3-4-12-15(5-10)26-8-16(24)19-12/h3-7H,8H2,1-2H3,(H,18,25)(H,19,24)(H,20,21). The minimum absolute atomic E-state index is 0.0429. The van der Waals surface area contributed by atoms with E-state index in [1.54, 1.807) is 28.9 Å². The second-order valence-electron chi connectivity index (χ2n) is 5.97. The van der Waals surface area contributed by atoms with Gasteiger partial charge in [0.2, 0.25) is 0 Å². The largest absolute Gasteiger partial charge is 0.482 e. The number of carbonyl (C=O) groups excluding carboxylic acids is 2. The number of benzene rings is 1. The van der Waals surface area contributed by atoms with Gasteiger partial charge < -0.3 is 15.4 Å². The van der Waals surface area contributed by atoms with E-state index in [1.165, 1.54) is 0 Å². The quantitative estimate of drug-likeness (QED) is 0.664. The summed E-state index contributed by atoms with van der Waals surface area (Å²) in [7, 11) is 1.83. The molecular weight excluding hydrogens is 336 g/mol. The molecule has 2 aromatic heterocycles. The number of anilines is 2. The number of ether oxygens (including phenoxy) is 1. The van der Waals surface area contributed by atoms with Crippen molar-refractivity contribution in [1.29, 1.82) is 0 Å². The van der Waals surface area contributed by atoms with Crippen LogP contribution in [0.3, 0.4) is 0 Å². The number of rotatable bonds is 3. The minimum atomic E-state index is -0.329. The van der Waals surface area contributed by atoms with E-state index in [0.717, 1.165) is 11.3 Å². The van der Waals surface area contributed by atoms with Gasteiger partial charge in [-0.2, -0.15) is 10.2 Å². The van der Waals surface area contributed by atoms with E-state index in [4.69, 9.17) is 4.74 Å². The van der Waals surface area contributed by atoms with Crippen LogP contribution in [0.15, 0.2) is 30.5 Å². The van der Waals surface area contributed by atoms with Gasteiger partial charge in [0.15, 0.2) is 6.61 Å². The molecule has 4 rings (SSSR count). The number of hydrogen-bond acceptors (Lipinski definition) is 5. The zero-order valence-corrected chi connectivity index (χ0v) is 14.2. The van der Waals surface area contributed by atoms with E-state index in [0.29, 0.717) is 28.5 Å². The number of aromatic nitrogens is 4. The van der Waals surface area contributed by atoms with Gasteiger partial charge in [0, 0.05) is 30.6 Å². The van der Waals surface area contributed by atoms with Crippen molar-refractivity contribution in [1.82, 2.24) is 20.0 Å². The molecule has 0 fully saturated rings. The summed E-state index contributed by atoms with van der Waals surface area (Å²) in [6, 6.07) is 6.71. The monoisotopic (exact) mass is 352 g/mol. The molecule has 0 spiro atoms. The van der Waals surface area contributed by atoms with Crippen LogP contribution in [0.1, 0.15) is 16.2 Å². The molecule has 0 radical (unpaired) electrons. The highest BCUT2D eigenvalue weighted by Gasteiger charge is 2.18. The van der Waals surface area contributed by atoms with E-state index in [9.17, 15) is 9.59 Å². The van der Waals surface area contributed by atoms with Gasteiger partial charge >= 0.3 is 0 Å². The summed E-state index contributed by atoms with van der Waals surface area (Å²) in [5.74, 6) is -0.0197. The lowest BCUT2D eigenvalue weighted by Gasteiger charge is -2.18. The second kappa shape index (κ2) is 6.03. The number of nitrogens with one attached hydrogen (secondary N) is 3. The van der Waals surface area contributed by atoms with Gasteiger partial charge in [-0.1, -0.05) is 0 Å². The molecule has 1 aliphatic rings. The summed E-state index contributed by atoms with van der Waals surface area (Å²) in [4.78, 5) is 23.8. The van der Waals surface area contributed by atoms with Crippen LogP contribution in [0.2, 0.25) is 0 Å². The number of aromatic amines is 1. The van der Waals surface area contributed by atoms with Crippen LogP contribution in [-0.2, 0) is 11.8 Å². The Morgan fingerprint density at radius 1 is 1.35 bits per heavy atom. The molecule has 3 heterocycles. The van der Waals surface area contributed by atoms with Gasteiger partial charge in [-0.3, -0.25) is 19.4 Å². The molecule has 2 amide bonds. The fourth-order valence-corrected chi connectivity index (χ4v) is 2.78. The summed E-state index contributed by atoms with van der Waals surface area (Å²) in [5.41, 5.74) is 3.81. The van der Waals surface area contributed by atoms with Crippen molar-refractivity contribution in [3.63, 3.8) is 0 Å². The summed E-state index contributed by atoms with van der Waals surface area (Å²) >= 11 is 0. The Labute approximate surface area is 148 Å². The molecule has 9 heteroatoms. The molecule has 0 aliphatic carbocycles. The molecule has 0 saturated carbocycles. The van der Waals surface area contributed by atoms with Crippen molar-refractivity contribution >= 4 is 23.2 Å². The highest BCUT2D eigenvalue weighted by atomic mass is 16.5. The Kier molecular flexibility index (Phi) is 3.68. The number of nitrogens with zero attached hydrogens (tertiary/aromatic N) is 3. The normalized spacial score (nSPS) is 12.9. The Morgan fingerprint density at radius 2 is 2.19 bits per heavy atom. The van der Waals surface area contributed by atoms with Crippen molar-refractivity contribution in [2.24, 2.45) is 7.05 Å². The van der Waals surface area contributed by atoms with Crippen LogP contribution < -0.4 is 15.4 Å². The molecular formula is C17H16N6O3. The smallest absolute Gasteiger partial charge is 0.273 e. The number of aryl methyl sites for hydroxylation is 2. The average Bonchev–Trinajstić information content (AvgIpc) is 3.21. The van der Waals surface area contributed by atoms with Crippen LogP contribution in [0.4, 0.5) is 11.4 Å². The number of carbonyl (C=O) groups is 2. The molecule has 132 valence electrons. The highest BCUT2D eigenvalue weighted by molar-refractivity contribution is 6.04. The Balaban J connectivity index is 1.52. The Bertz CT molecular complexity index is 1020. The van der Waals surface area contributed by atoms with Crippen LogP contribution in [0, 0.1) is 6.92 Å². The number of hydrogen-bond donors (Lipinski definition) is 3. The van der Waals surface area contributed by atoms with E-state index in [2.05, 4.69) is 25.9 Å². The molecule has 26 heavy (non-hydrogen) atoms. The molecule has 3 N–H and O–H groups in total. The molecule has 0 bridgehead atoms. The number of H-pyrrole nitrogens is 1. The predicted molar refractivity (Wildman–Crippen MR) is 94.0 cm³/mol. The van der Waals surface area contributed by atoms with E-state index < -0.39 is 0 Å². The minimum Gasteiger partial charge on any atom is -0.482 e. The summed E-state index contributed by atoms with van der Waals surface area (Å²) in [5, 5.41) is 16.7. The third-order valence-corrected chi connectivity index (χ3v) is 3.98. The van der Waals surface area contributed by atoms with Crippen LogP contribution >= 0.6 is 0 Å². The zero-order valence-electron chi connectivity index (χ0n) is 14.2. The van der Waals surface area contributed by atoms with Crippen molar-refractivity contribution < 1.29 is 14.3 Å². The molecule has 3 aromatic rings. The first-order valence-corrected chi connectivity index (χ1v) is 7.93. The zero-order chi connectivity index (χ0) is 18.3. The van der Waals surface area contributed by atoms with Crippen molar-refractivity contribution in [2.75, 3.05) is 17.2 Å². The van der Waals surface area contributed by atoms with Crippen molar-refractivity contribution in [3.05, 3.63) is 41.9 Å². The van der Waals surface area contributed by atoms with Crippen LogP contribution in [0.5, 0.6) is 5.75 Å². The van der Waals surface area contributed by atoms with E-state index in [1.807, 2.05) is 20.2 Å². The Hall–Kier alpha value is -3.62. The SMILES string of the molecule is Cc1nn(C)cc1-c1cc(C(=O)Nc2ccc3c(c2)OCC(=O)N3)[nH]n1. The van der Waals surface area contributed by atoms with Gasteiger partial charge in [0.1, 0.15) is 11.4 Å². The lowest BCUT2D eigenvalue weighted by atomic mass is 10.2. The van der Waals surface area contributed by atoms with Gasteiger partial charge in [-0.25, -0.2) is 0 Å². The molecule has 0 unspecified atom stereocenters. The van der Waals surface area contributed by atoms with Gasteiger partial charge in [0.05, 0.1) is 17.1 Å². The van der Waals surface area contributed by atoms with Crippen molar-refractivity contribution in [2.45, 2.75) is 6.92 Å². The highest BCUT2D eigenvalue weighted by Crippen LogP contribution is 2.30. The topological polar surface area (TPSA) is 114 Å². The molecule has 0 saturated heterocycles. The van der Waals surface area contributed by atoms with Crippen LogP contribution in [-0.4, -0.2) is 38.4 Å². The van der Waals surface area contributed by atoms with Gasteiger partial charge in [0.25, 0.3) is 11.8 Å². The maximum Gasteiger partial charge on any atom is 0.273 e. The summed E-state index contributed by atoms with van der Waals surface area (Å²) in [6.07, 6.45) is 1.85. The average molecular weight is 352 g/mol. The third-order valence-electron chi connectivity index (χ3n) is 3.98. The number of fused-ring (bicyclic) bond motifs is 1. The fourth-order valence-electron chi connectivity index (χ4n) is 2.78. The van der Waals surface area contributed by atoms with Gasteiger partial charge in [-0.05, 0) is 25.1 Å². The number of amides is 2. The fraction of sp³-hybridized carbons (Fsp3) is 0.176. The predicted octanol–water partition coefficient (Wildman–Crippen LogP) is 1.70. The lowest BCUT2D eigenvalue weighted by molar-refractivity contribution is -0.118. The maximum atomic E-state index is 12.5. The molecule has 1 aliphatic heterocycles. The third kappa shape index (κ3) is 2.90. The van der Waals surface area contributed by atoms with Gasteiger partial charge in [-0.15, -0.1) is 0 Å². The summed E-state index contributed by atoms with van der Waals surface area (Å²) < 4.78 is 7.05.